The molecule has 23 nitrogen and oxygen atoms in total. The van der Waals surface area contributed by atoms with Crippen molar-refractivity contribution in [2.45, 2.75) is 113 Å². The molecule has 6 amide bonds. The van der Waals surface area contributed by atoms with Gasteiger partial charge in [0.1, 0.15) is 43.0 Å². The van der Waals surface area contributed by atoms with Crippen molar-refractivity contribution >= 4 is 53.2 Å². The number of carbonyl (C=O) groups excluding carboxylic acids is 6. The minimum atomic E-state index is -1.76. The van der Waals surface area contributed by atoms with Crippen LogP contribution in [0.25, 0.3) is 0 Å². The molecule has 2 aliphatic heterocycles. The summed E-state index contributed by atoms with van der Waals surface area (Å²) in [7, 11) is 1.54. The molecule has 0 spiro atoms. The molecule has 0 aliphatic carbocycles. The Kier molecular flexibility index (Phi) is 25.9. The van der Waals surface area contributed by atoms with E-state index in [4.69, 9.17) is 29.4 Å². The average molecular weight is 896 g/mol. The van der Waals surface area contributed by atoms with E-state index in [9.17, 15) is 54.3 Å². The molecule has 2 aliphatic rings. The van der Waals surface area contributed by atoms with E-state index in [-0.39, 0.29) is 108 Å². The highest BCUT2D eigenvalue weighted by atomic mass is 32.2. The highest BCUT2D eigenvalue weighted by Crippen LogP contribution is 2.25. The fraction of sp³-hybridized carbons (Fsp3) is 0.811. The number of alkyl carbamates (subject to hydrolysis) is 1. The monoisotopic (exact) mass is 895 g/mol. The number of imide groups is 1. The Morgan fingerprint density at radius 2 is 1.52 bits per heavy atom. The molecule has 2 rings (SSSR count). The molecule has 61 heavy (non-hydrogen) atoms. The van der Waals surface area contributed by atoms with Crippen molar-refractivity contribution in [1.29, 1.82) is 0 Å². The number of aliphatic hydroxyl groups excluding tert-OH is 5. The van der Waals surface area contributed by atoms with Gasteiger partial charge in [0.2, 0.25) is 29.5 Å². The summed E-state index contributed by atoms with van der Waals surface area (Å²) < 4.78 is 27.0. The summed E-state index contributed by atoms with van der Waals surface area (Å²) in [5.41, 5.74) is 5.65. The molecule has 0 bridgehead atoms. The first-order valence-electron chi connectivity index (χ1n) is 20.4. The van der Waals surface area contributed by atoms with Gasteiger partial charge in [-0.05, 0) is 12.8 Å². The number of aliphatic hydroxyl groups is 5. The molecular weight excluding hydrogens is 831 g/mol. The maximum atomic E-state index is 12.5. The number of nitrogens with zero attached hydrogens (tertiary/aromatic N) is 2. The number of thioether (sulfide) groups is 1. The molecule has 3 unspecified atom stereocenters. The van der Waals surface area contributed by atoms with E-state index in [1.165, 1.54) is 18.8 Å². The quantitative estimate of drug-likeness (QED) is 0.0143. The number of hydrogen-bond donors (Lipinski definition) is 10. The minimum Gasteiger partial charge on any atom is -0.447 e. The molecule has 2 fully saturated rings. The third-order valence-electron chi connectivity index (χ3n) is 9.31. The first-order valence-corrected chi connectivity index (χ1v) is 21.4. The van der Waals surface area contributed by atoms with Crippen LogP contribution in [0.5, 0.6) is 0 Å². The number of amides is 6. The fourth-order valence-corrected chi connectivity index (χ4v) is 6.88. The van der Waals surface area contributed by atoms with Crippen LogP contribution in [0, 0.1) is 0 Å². The van der Waals surface area contributed by atoms with Gasteiger partial charge in [-0.15, -0.1) is 11.8 Å². The Bertz CT molecular complexity index is 1420. The first kappa shape index (κ1) is 53.4. The SMILES string of the molecule is CCCC(=O)N[C@@H](CO[C@H]1OC(COC(=O)NCCOCCNC(=O)CCOCCNC(=O)CCN2C(=O)CC(SCC(N)=NC)C2=O)[C@H](O)[C@H](O)C1O)[C@H](O)[C@H](O)CCC. The molecule has 0 saturated carbocycles. The molecule has 350 valence electrons. The summed E-state index contributed by atoms with van der Waals surface area (Å²) in [5.74, 6) is -1.04. The Labute approximate surface area is 359 Å². The molecule has 0 aromatic heterocycles. The average Bonchev–Trinajstić information content (AvgIpc) is 3.51. The second kappa shape index (κ2) is 29.6. The van der Waals surface area contributed by atoms with Crippen molar-refractivity contribution in [2.75, 3.05) is 78.6 Å². The van der Waals surface area contributed by atoms with Crippen LogP contribution in [0.3, 0.4) is 0 Å². The Morgan fingerprint density at radius 1 is 0.885 bits per heavy atom. The molecular formula is C37H65N7O16S. The highest BCUT2D eigenvalue weighted by molar-refractivity contribution is 8.01. The Balaban J connectivity index is 1.55. The predicted octanol–water partition coefficient (Wildman–Crippen LogP) is -3.76. The number of amidine groups is 1. The van der Waals surface area contributed by atoms with Crippen LogP contribution in [-0.2, 0) is 47.7 Å². The summed E-state index contributed by atoms with van der Waals surface area (Å²) in [5, 5.41) is 62.0. The zero-order valence-corrected chi connectivity index (χ0v) is 35.8. The third kappa shape index (κ3) is 19.9. The van der Waals surface area contributed by atoms with E-state index in [0.29, 0.717) is 24.4 Å². The van der Waals surface area contributed by atoms with Crippen molar-refractivity contribution in [2.24, 2.45) is 10.7 Å². The summed E-state index contributed by atoms with van der Waals surface area (Å²) in [6, 6.07) is -1.09. The lowest BCUT2D eigenvalue weighted by atomic mass is 9.99. The van der Waals surface area contributed by atoms with Gasteiger partial charge < -0.3 is 76.2 Å². The van der Waals surface area contributed by atoms with Crippen molar-refractivity contribution in [3.05, 3.63) is 0 Å². The number of ether oxygens (including phenoxy) is 5. The van der Waals surface area contributed by atoms with Gasteiger partial charge in [0, 0.05) is 58.9 Å². The second-order valence-corrected chi connectivity index (χ2v) is 15.4. The van der Waals surface area contributed by atoms with Crippen molar-refractivity contribution in [3.8, 4) is 0 Å². The Hall–Kier alpha value is -3.72. The van der Waals surface area contributed by atoms with Crippen LogP contribution in [0.15, 0.2) is 4.99 Å². The molecule has 11 N–H and O–H groups in total. The van der Waals surface area contributed by atoms with Crippen molar-refractivity contribution in [3.63, 3.8) is 0 Å². The van der Waals surface area contributed by atoms with Crippen LogP contribution in [0.2, 0.25) is 0 Å². The smallest absolute Gasteiger partial charge is 0.407 e. The number of nitrogens with two attached hydrogens (primary N) is 1. The van der Waals surface area contributed by atoms with E-state index >= 15 is 0 Å². The van der Waals surface area contributed by atoms with Crippen molar-refractivity contribution in [1.82, 2.24) is 26.2 Å². The van der Waals surface area contributed by atoms with Gasteiger partial charge in [-0.3, -0.25) is 33.9 Å². The standard InChI is InChI=1S/C37H65N7O16S/c1-4-6-23(45)31(50)22(43-29(48)7-5-2)19-58-36-34(53)33(52)32(51)24(60-36)20-59-37(55)42-12-17-57-16-11-41-28(47)9-14-56-15-10-40-27(46)8-13-44-30(49)18-25(35(44)54)61-21-26(38)39-3/h22-25,31-34,36,45,50-53H,4-21H2,1-3H3,(H2,38,39)(H,40,46)(H,41,47)(H,42,55)(H,43,48)/t22-,23+,24?,25?,31-,32-,33-,34?,36-/m0/s1. The van der Waals surface area contributed by atoms with Gasteiger partial charge in [0.15, 0.2) is 6.29 Å². The summed E-state index contributed by atoms with van der Waals surface area (Å²) in [4.78, 5) is 78.3. The summed E-state index contributed by atoms with van der Waals surface area (Å²) in [6.07, 6.45) is -9.96. The fourth-order valence-electron chi connectivity index (χ4n) is 5.84. The van der Waals surface area contributed by atoms with Gasteiger partial charge >= 0.3 is 6.09 Å². The van der Waals surface area contributed by atoms with Gasteiger partial charge in [-0.25, -0.2) is 4.79 Å². The van der Waals surface area contributed by atoms with Gasteiger partial charge in [-0.2, -0.15) is 0 Å². The maximum Gasteiger partial charge on any atom is 0.407 e. The zero-order chi connectivity index (χ0) is 45.3. The van der Waals surface area contributed by atoms with Gasteiger partial charge in [0.25, 0.3) is 0 Å². The lowest BCUT2D eigenvalue weighted by Gasteiger charge is -2.40. The van der Waals surface area contributed by atoms with Crippen LogP contribution < -0.4 is 27.0 Å². The normalized spacial score (nSPS) is 23.3. The first-order chi connectivity index (χ1) is 29.1. The van der Waals surface area contributed by atoms with Gasteiger partial charge in [-0.1, -0.05) is 20.3 Å². The van der Waals surface area contributed by atoms with E-state index < -0.39 is 79.4 Å². The number of likely N-dealkylation sites (tertiary alicyclic amines) is 1. The molecule has 0 aromatic rings. The molecule has 2 saturated heterocycles. The third-order valence-corrected chi connectivity index (χ3v) is 10.5. The second-order valence-electron chi connectivity index (χ2n) is 14.2. The van der Waals surface area contributed by atoms with E-state index in [1.807, 2.05) is 6.92 Å². The highest BCUT2D eigenvalue weighted by Gasteiger charge is 2.45. The number of nitrogens with one attached hydrogen (secondary N) is 4. The van der Waals surface area contributed by atoms with E-state index in [1.54, 1.807) is 6.92 Å². The topological polar surface area (TPSA) is 339 Å². The van der Waals surface area contributed by atoms with E-state index in [0.717, 1.165) is 4.90 Å². The van der Waals surface area contributed by atoms with Crippen LogP contribution in [-0.4, -0.2) is 205 Å². The predicted molar refractivity (Wildman–Crippen MR) is 218 cm³/mol. The summed E-state index contributed by atoms with van der Waals surface area (Å²) >= 11 is 1.24. The molecule has 2 heterocycles. The number of carbonyl (C=O) groups is 6. The molecule has 0 radical (unpaired) electrons. The van der Waals surface area contributed by atoms with Crippen LogP contribution in [0.1, 0.15) is 58.8 Å². The minimum absolute atomic E-state index is 0.0228. The number of hydrogen-bond acceptors (Lipinski definition) is 18. The van der Waals surface area contributed by atoms with Crippen LogP contribution >= 0.6 is 11.8 Å². The molecule has 24 heteroatoms. The lowest BCUT2D eigenvalue weighted by Crippen LogP contribution is -2.60. The van der Waals surface area contributed by atoms with Crippen molar-refractivity contribution < 1.29 is 78.0 Å². The van der Waals surface area contributed by atoms with Crippen LogP contribution in [0.4, 0.5) is 4.79 Å². The number of rotatable bonds is 30. The Morgan fingerprint density at radius 3 is 2.16 bits per heavy atom. The zero-order valence-electron chi connectivity index (χ0n) is 35.0. The lowest BCUT2D eigenvalue weighted by molar-refractivity contribution is -0.302. The van der Waals surface area contributed by atoms with Gasteiger partial charge in [0.05, 0.1) is 56.2 Å². The molecule has 0 aromatic carbocycles. The maximum absolute atomic E-state index is 12.5. The largest absolute Gasteiger partial charge is 0.447 e. The molecule has 9 atom stereocenters. The number of aliphatic imine (C=N–C) groups is 1. The van der Waals surface area contributed by atoms with E-state index in [2.05, 4.69) is 26.3 Å². The summed E-state index contributed by atoms with van der Waals surface area (Å²) in [6.45, 7) is 3.41.